The number of hydrogen-bond acceptors (Lipinski definition) is 6. The third-order valence-corrected chi connectivity index (χ3v) is 5.55. The van der Waals surface area contributed by atoms with Crippen molar-refractivity contribution in [1.29, 1.82) is 0 Å². The highest BCUT2D eigenvalue weighted by Gasteiger charge is 2.35. The second-order valence-electron chi connectivity index (χ2n) is 7.17. The fourth-order valence-corrected chi connectivity index (χ4v) is 4.05. The molecule has 0 saturated carbocycles. The van der Waals surface area contributed by atoms with Crippen molar-refractivity contribution < 1.29 is 28.5 Å². The quantitative estimate of drug-likeness (QED) is 0.714. The number of amides is 2. The van der Waals surface area contributed by atoms with Crippen LogP contribution in [0.15, 0.2) is 0 Å². The van der Waals surface area contributed by atoms with Gasteiger partial charge < -0.3 is 28.7 Å². The Morgan fingerprint density at radius 1 is 0.808 bits per heavy atom. The van der Waals surface area contributed by atoms with Crippen LogP contribution >= 0.6 is 0 Å². The van der Waals surface area contributed by atoms with Crippen LogP contribution < -0.4 is 0 Å². The second-order valence-corrected chi connectivity index (χ2v) is 7.17. The fourth-order valence-electron chi connectivity index (χ4n) is 4.05. The van der Waals surface area contributed by atoms with E-state index >= 15 is 0 Å². The van der Waals surface area contributed by atoms with Crippen molar-refractivity contribution in [2.75, 3.05) is 40.5 Å². The number of hydrogen-bond donors (Lipinski definition) is 0. The lowest BCUT2D eigenvalue weighted by Crippen LogP contribution is -2.44. The zero-order chi connectivity index (χ0) is 18.5. The predicted molar refractivity (Wildman–Crippen MR) is 92.2 cm³/mol. The third-order valence-electron chi connectivity index (χ3n) is 5.55. The second kappa shape index (κ2) is 9.12. The lowest BCUT2D eigenvalue weighted by Gasteiger charge is -2.31. The van der Waals surface area contributed by atoms with E-state index in [1.54, 1.807) is 14.2 Å². The summed E-state index contributed by atoms with van der Waals surface area (Å²) in [4.78, 5) is 29.1. The summed E-state index contributed by atoms with van der Waals surface area (Å²) in [6, 6.07) is 0.0190. The van der Waals surface area contributed by atoms with Gasteiger partial charge in [-0.3, -0.25) is 9.59 Å². The van der Waals surface area contributed by atoms with Gasteiger partial charge in [0.05, 0.1) is 38.1 Å². The van der Waals surface area contributed by atoms with Crippen molar-refractivity contribution in [2.24, 2.45) is 0 Å². The average molecular weight is 370 g/mol. The van der Waals surface area contributed by atoms with Crippen LogP contribution in [0.3, 0.4) is 0 Å². The molecule has 8 heteroatoms. The van der Waals surface area contributed by atoms with Gasteiger partial charge >= 0.3 is 0 Å². The monoisotopic (exact) mass is 370 g/mol. The summed E-state index contributed by atoms with van der Waals surface area (Å²) in [5, 5.41) is 0. The molecule has 0 radical (unpaired) electrons. The highest BCUT2D eigenvalue weighted by atomic mass is 16.7. The summed E-state index contributed by atoms with van der Waals surface area (Å²) in [7, 11) is 3.10. The van der Waals surface area contributed by atoms with E-state index in [1.165, 1.54) is 0 Å². The molecule has 0 spiro atoms. The molecule has 0 bridgehead atoms. The lowest BCUT2D eigenvalue weighted by molar-refractivity contribution is -0.173. The molecule has 2 unspecified atom stereocenters. The molecular formula is C18H30N2O6. The molecule has 0 aromatic rings. The van der Waals surface area contributed by atoms with E-state index < -0.39 is 12.6 Å². The molecule has 3 heterocycles. The van der Waals surface area contributed by atoms with Crippen molar-refractivity contribution in [2.45, 2.75) is 63.2 Å². The van der Waals surface area contributed by atoms with E-state index in [0.29, 0.717) is 13.2 Å². The van der Waals surface area contributed by atoms with E-state index in [9.17, 15) is 9.59 Å². The number of nitrogens with zero attached hydrogens (tertiary/aromatic N) is 2. The Bertz CT molecular complexity index is 458. The van der Waals surface area contributed by atoms with Crippen molar-refractivity contribution >= 4 is 11.8 Å². The summed E-state index contributed by atoms with van der Waals surface area (Å²) in [6.45, 7) is 2.19. The maximum atomic E-state index is 12.7. The number of ether oxygens (including phenoxy) is 4. The molecular weight excluding hydrogens is 340 g/mol. The average Bonchev–Trinajstić information content (AvgIpc) is 3.30. The molecule has 3 aliphatic heterocycles. The Balaban J connectivity index is 1.74. The summed E-state index contributed by atoms with van der Waals surface area (Å²) >= 11 is 0. The number of carbonyl (C=O) groups is 2. The first kappa shape index (κ1) is 19.5. The first-order valence-corrected chi connectivity index (χ1v) is 9.50. The van der Waals surface area contributed by atoms with Gasteiger partial charge in [-0.1, -0.05) is 0 Å². The van der Waals surface area contributed by atoms with Gasteiger partial charge in [-0.2, -0.15) is 0 Å². The van der Waals surface area contributed by atoms with Crippen LogP contribution in [0, 0.1) is 0 Å². The summed E-state index contributed by atoms with van der Waals surface area (Å²) in [5.41, 5.74) is 0. The molecule has 3 fully saturated rings. The van der Waals surface area contributed by atoms with Crippen LogP contribution in [-0.2, 0) is 28.5 Å². The maximum Gasteiger partial charge on any atom is 0.228 e. The highest BCUT2D eigenvalue weighted by molar-refractivity contribution is 5.77. The molecule has 0 aromatic heterocycles. The highest BCUT2D eigenvalue weighted by Crippen LogP contribution is 2.24. The van der Waals surface area contributed by atoms with Gasteiger partial charge in [-0.25, -0.2) is 0 Å². The lowest BCUT2D eigenvalue weighted by atomic mass is 10.2. The molecule has 148 valence electrons. The molecule has 0 aromatic carbocycles. The van der Waals surface area contributed by atoms with Crippen molar-refractivity contribution in [3.05, 3.63) is 0 Å². The van der Waals surface area contributed by atoms with Crippen molar-refractivity contribution in [3.8, 4) is 0 Å². The van der Waals surface area contributed by atoms with Crippen LogP contribution in [0.25, 0.3) is 0 Å². The van der Waals surface area contributed by atoms with Gasteiger partial charge in [-0.05, 0) is 25.7 Å². The summed E-state index contributed by atoms with van der Waals surface area (Å²) in [5.74, 6) is 0.0432. The summed E-state index contributed by atoms with van der Waals surface area (Å²) < 4.78 is 22.4. The molecule has 2 amide bonds. The minimum Gasteiger partial charge on any atom is -0.355 e. The largest absolute Gasteiger partial charge is 0.355 e. The first-order chi connectivity index (χ1) is 12.6. The van der Waals surface area contributed by atoms with Crippen LogP contribution in [0.1, 0.15) is 38.5 Å². The Morgan fingerprint density at radius 3 is 1.62 bits per heavy atom. The van der Waals surface area contributed by atoms with Crippen LogP contribution in [0.2, 0.25) is 0 Å². The SMILES string of the molecule is COC1CC(=O)N2CCC[C@H]2COC(OC)CC(=O)N2CCC[C@H]2CO1. The van der Waals surface area contributed by atoms with Gasteiger partial charge in [0.1, 0.15) is 0 Å². The maximum absolute atomic E-state index is 12.7. The van der Waals surface area contributed by atoms with E-state index in [0.717, 1.165) is 38.8 Å². The topological polar surface area (TPSA) is 77.5 Å². The van der Waals surface area contributed by atoms with Crippen LogP contribution in [0.5, 0.6) is 0 Å². The zero-order valence-corrected chi connectivity index (χ0v) is 15.7. The van der Waals surface area contributed by atoms with E-state index in [4.69, 9.17) is 18.9 Å². The molecule has 8 nitrogen and oxygen atoms in total. The van der Waals surface area contributed by atoms with Crippen molar-refractivity contribution in [1.82, 2.24) is 9.80 Å². The van der Waals surface area contributed by atoms with E-state index in [-0.39, 0.29) is 36.7 Å². The number of fused-ring (bicyclic) bond motifs is 2. The Morgan fingerprint density at radius 2 is 1.23 bits per heavy atom. The standard InChI is InChI=1S/C18H30N2O6/c1-23-17-9-15(21)19-7-4-6-14(19)12-26-18(24-2)10-16(22)20-8-3-5-13(20)11-25-17/h13-14,17-18H,3-12H2,1-2H3/t13-,14-,17?,18?/m0/s1. The van der Waals surface area contributed by atoms with Crippen LogP contribution in [-0.4, -0.2) is 86.8 Å². The molecule has 3 rings (SSSR count). The normalized spacial score (nSPS) is 34.5. The minimum absolute atomic E-state index is 0.00948. The molecule has 4 atom stereocenters. The van der Waals surface area contributed by atoms with Gasteiger partial charge in [0.15, 0.2) is 12.6 Å². The molecule has 3 saturated heterocycles. The van der Waals surface area contributed by atoms with Crippen molar-refractivity contribution in [3.63, 3.8) is 0 Å². The number of carbonyl (C=O) groups excluding carboxylic acids is 2. The van der Waals surface area contributed by atoms with Gasteiger partial charge in [0.25, 0.3) is 0 Å². The number of rotatable bonds is 2. The molecule has 0 aliphatic carbocycles. The predicted octanol–water partition coefficient (Wildman–Crippen LogP) is 0.740. The molecule has 26 heavy (non-hydrogen) atoms. The first-order valence-electron chi connectivity index (χ1n) is 9.50. The Kier molecular flexibility index (Phi) is 6.86. The summed E-state index contributed by atoms with van der Waals surface area (Å²) in [6.07, 6.45) is 2.87. The fraction of sp³-hybridized carbons (Fsp3) is 0.889. The van der Waals surface area contributed by atoms with Gasteiger partial charge in [0, 0.05) is 27.3 Å². The zero-order valence-electron chi connectivity index (χ0n) is 15.7. The van der Waals surface area contributed by atoms with Gasteiger partial charge in [0.2, 0.25) is 11.8 Å². The van der Waals surface area contributed by atoms with E-state index in [1.807, 2.05) is 9.80 Å². The Hall–Kier alpha value is -1.22. The minimum atomic E-state index is -0.586. The third kappa shape index (κ3) is 4.54. The smallest absolute Gasteiger partial charge is 0.228 e. The Labute approximate surface area is 154 Å². The van der Waals surface area contributed by atoms with Gasteiger partial charge in [-0.15, -0.1) is 0 Å². The number of methoxy groups -OCH3 is 2. The van der Waals surface area contributed by atoms with Crippen LogP contribution in [0.4, 0.5) is 0 Å². The molecule has 3 aliphatic rings. The molecule has 0 N–H and O–H groups in total. The van der Waals surface area contributed by atoms with E-state index in [2.05, 4.69) is 0 Å².